The molecule has 43 heteroatoms. The number of ketones is 4. The number of aromatic amines is 2. The van der Waals surface area contributed by atoms with Gasteiger partial charge in [-0.15, -0.1) is 15.3 Å². The lowest BCUT2D eigenvalue weighted by atomic mass is 9.76. The lowest BCUT2D eigenvalue weighted by molar-refractivity contribution is -0.143. The van der Waals surface area contributed by atoms with Gasteiger partial charge >= 0.3 is 5.97 Å². The number of aromatic nitrogens is 9. The summed E-state index contributed by atoms with van der Waals surface area (Å²) in [5.41, 5.74) is 15.0. The molecule has 0 spiro atoms. The maximum absolute atomic E-state index is 15.7. The van der Waals surface area contributed by atoms with Crippen LogP contribution in [0.2, 0.25) is 0 Å². The molecule has 0 unspecified atom stereocenters. The molecule has 0 radical (unpaired) electrons. The second kappa shape index (κ2) is 62.3. The van der Waals surface area contributed by atoms with Crippen molar-refractivity contribution in [3.8, 4) is 16.9 Å². The number of carboxylic acids is 1. The van der Waals surface area contributed by atoms with Crippen molar-refractivity contribution >= 4 is 70.5 Å². The Morgan fingerprint density at radius 3 is 1.76 bits per heavy atom. The summed E-state index contributed by atoms with van der Waals surface area (Å²) in [5, 5.41) is 80.4. The average Bonchev–Trinajstić information content (AvgIpc) is 0.901. The van der Waals surface area contributed by atoms with E-state index in [-0.39, 0.29) is 43.8 Å². The van der Waals surface area contributed by atoms with E-state index in [0.717, 1.165) is 65.4 Å². The van der Waals surface area contributed by atoms with Crippen molar-refractivity contribution in [3.63, 3.8) is 0 Å². The standard InChI is InChI=1S/C98H140FN17O25/c1-9-69-51-76(141-31-13-12-30-116-59-75(110-115-116)61-140-46-45-139-44-43-138-42-41-137-40-39-136-38-37-135-36-35-134-34-33-133-32-28-100)23-24-77(69)70-21-19-67(20-22-70)50-72(92(128)105-79(91(101)127)18-14-15-68-48-63(2)47-64(3)49-68)52-83(121)81(55-88(125)126)106-93(129)73(60-117)53-84(122)89(65(4)118)109-96(132)98(8,56-71-16-10-11-17-78(71)99)57-85(123)90(66(5)119)108-87(124)26-25-82(120)80(54-86-111-113-114-112-86)107-95(131)97(6,7)94(130)103-29-27-74-58-102-62-104-74/h10-11,16-17,19-24,47-49,51,58-59,62,65-66,72-73,79-81,89-90,117-119H,9,12-15,18,25-46,50,52-57,60-61,100H2,1-8H3,(H2,101,127)(H,102,104)(H,103,130)(H,105,128)(H,106,129)(H,107,131)(H,108,124)(H,109,132)(H,125,126)(H,111,112,113,114)/t65-,66-,72-,73+,79+,80+,81+,89+,90+,98+/m1/s1. The highest BCUT2D eigenvalue weighted by atomic mass is 19.1. The summed E-state index contributed by atoms with van der Waals surface area (Å²) in [7, 11) is 0. The van der Waals surface area contributed by atoms with Crippen molar-refractivity contribution in [3.05, 3.63) is 160 Å². The Balaban J connectivity index is 0.934. The molecule has 141 heavy (non-hydrogen) atoms. The molecule has 0 saturated heterocycles. The van der Waals surface area contributed by atoms with E-state index in [1.54, 1.807) is 23.0 Å². The number of ether oxygens (including phenoxy) is 9. The fourth-order valence-corrected chi connectivity index (χ4v) is 15.3. The molecule has 16 N–H and O–H groups in total. The van der Waals surface area contributed by atoms with E-state index in [1.807, 2.05) is 75.5 Å². The first-order valence-electron chi connectivity index (χ1n) is 47.6. The number of halogens is 1. The quantitative estimate of drug-likeness (QED) is 0.0192. The summed E-state index contributed by atoms with van der Waals surface area (Å²) in [6.45, 7) is 19.5. The number of tetrazole rings is 1. The topological polar surface area (TPSA) is 607 Å². The van der Waals surface area contributed by atoms with Gasteiger partial charge in [-0.2, -0.15) is 5.21 Å². The number of aliphatic hydroxyl groups excluding tert-OH is 3. The first-order valence-corrected chi connectivity index (χ1v) is 47.6. The van der Waals surface area contributed by atoms with Crippen LogP contribution in [0.15, 0.2) is 104 Å². The zero-order chi connectivity index (χ0) is 103. The Labute approximate surface area is 819 Å². The zero-order valence-electron chi connectivity index (χ0n) is 81.7. The predicted octanol–water partition coefficient (Wildman–Crippen LogP) is 2.99. The number of carbonyl (C=O) groups is 12. The number of amides is 7. The molecule has 7 amide bonds. The van der Waals surface area contributed by atoms with Crippen LogP contribution in [0, 0.1) is 42.3 Å². The molecule has 0 fully saturated rings. The third-order valence-electron chi connectivity index (χ3n) is 23.1. The minimum absolute atomic E-state index is 0.0169. The number of unbranched alkanes of at least 4 members (excludes halogenated alkanes) is 1. The number of carbonyl (C=O) groups excluding carboxylic acids is 11. The summed E-state index contributed by atoms with van der Waals surface area (Å²) >= 11 is 0. The smallest absolute Gasteiger partial charge is 0.305 e. The zero-order valence-corrected chi connectivity index (χ0v) is 81.7. The maximum Gasteiger partial charge on any atom is 0.305 e. The number of hydrogen-bond acceptors (Lipinski definition) is 31. The molecular formula is C98H140FN17O25. The van der Waals surface area contributed by atoms with E-state index in [9.17, 15) is 78.0 Å². The van der Waals surface area contributed by atoms with E-state index >= 15 is 4.39 Å². The summed E-state index contributed by atoms with van der Waals surface area (Å²) in [6.07, 6.45) is -1.20. The Kier molecular flexibility index (Phi) is 51.3. The Hall–Kier alpha value is -12.0. The fraction of sp³-hybridized carbons (Fsp3) is 0.571. The summed E-state index contributed by atoms with van der Waals surface area (Å²) in [6, 6.07) is 15.8. The van der Waals surface area contributed by atoms with Gasteiger partial charge in [-0.1, -0.05) is 102 Å². The number of aliphatic carboxylic acids is 1. The number of carboxylic acid groups (broad SMARTS) is 1. The normalized spacial score (nSPS) is 13.9. The molecule has 10 atom stereocenters. The van der Waals surface area contributed by atoms with Crippen LogP contribution >= 0.6 is 0 Å². The third kappa shape index (κ3) is 42.0. The number of nitrogens with one attached hydrogen (secondary N) is 8. The molecule has 0 saturated carbocycles. The number of aliphatic hydroxyl groups is 3. The lowest BCUT2D eigenvalue weighted by Gasteiger charge is -2.33. The van der Waals surface area contributed by atoms with Crippen molar-refractivity contribution in [1.82, 2.24) is 77.5 Å². The van der Waals surface area contributed by atoms with E-state index in [2.05, 4.69) is 72.8 Å². The predicted molar refractivity (Wildman–Crippen MR) is 510 cm³/mol. The van der Waals surface area contributed by atoms with Gasteiger partial charge in [-0.25, -0.2) is 9.37 Å². The molecule has 0 aliphatic heterocycles. The lowest BCUT2D eigenvalue weighted by Crippen LogP contribution is -2.55. The van der Waals surface area contributed by atoms with Crippen molar-refractivity contribution in [2.75, 3.05) is 125 Å². The number of imidazole rings is 1. The summed E-state index contributed by atoms with van der Waals surface area (Å²) in [5.74, 6) is -15.4. The maximum atomic E-state index is 15.7. The molecule has 0 bridgehead atoms. The monoisotopic (exact) mass is 1970 g/mol. The number of Topliss-reactive ketones (excluding diaryl/α,β-unsaturated/α-hetero) is 4. The first kappa shape index (κ1) is 116. The van der Waals surface area contributed by atoms with Crippen LogP contribution in [0.4, 0.5) is 4.39 Å². The van der Waals surface area contributed by atoms with E-state index in [1.165, 1.54) is 45.3 Å². The largest absolute Gasteiger partial charge is 0.494 e. The second-order valence-electron chi connectivity index (χ2n) is 35.3. The number of hydrogen-bond donors (Lipinski definition) is 14. The van der Waals surface area contributed by atoms with Crippen molar-refractivity contribution in [2.24, 2.45) is 34.1 Å². The SMILES string of the molecule is CCc1cc(OCCCCn2cc(COCCOCCOCCOCCOCCOCCOCCOCCN)nn2)ccc1-c1ccc(C[C@H](CC(=O)[C@H](CC(=O)O)NC(=O)[C@H](CO)CC(=O)[C@@H](NC(=O)[C@](C)(CC(=O)[C@@H](NC(=O)CCC(=O)[C@H](Cc2nn[nH]n2)NC(=O)C(C)(C)C(=O)NCCc2cnc[nH]2)[C@@H](C)O)Cc2ccccc2F)[C@@H](C)O)C(=O)N[C@@H](CCCc2cc(C)cc(C)c2)C(N)=O)cc1. The number of primary amides is 1. The Morgan fingerprint density at radius 2 is 1.18 bits per heavy atom. The molecule has 774 valence electrons. The number of aryl methyl sites for hydroxylation is 5. The summed E-state index contributed by atoms with van der Waals surface area (Å²) < 4.78 is 67.7. The fourth-order valence-electron chi connectivity index (χ4n) is 15.3. The Bertz CT molecular complexity index is 5030. The van der Waals surface area contributed by atoms with Crippen LogP contribution in [0.25, 0.3) is 11.1 Å². The minimum atomic E-state index is -2.12. The van der Waals surface area contributed by atoms with E-state index in [4.69, 9.17) is 54.1 Å². The van der Waals surface area contributed by atoms with E-state index < -0.39 is 193 Å². The number of rotatable bonds is 75. The van der Waals surface area contributed by atoms with Gasteiger partial charge in [0, 0.05) is 82.4 Å². The number of H-pyrrole nitrogens is 2. The molecule has 0 aliphatic rings. The van der Waals surface area contributed by atoms with Gasteiger partial charge < -0.3 is 111 Å². The molecule has 7 aromatic rings. The minimum Gasteiger partial charge on any atom is -0.494 e. The number of benzene rings is 4. The van der Waals surface area contributed by atoms with Crippen LogP contribution in [-0.4, -0.2) is 304 Å². The van der Waals surface area contributed by atoms with Gasteiger partial charge in [-0.3, -0.25) is 62.2 Å². The molecule has 3 heterocycles. The van der Waals surface area contributed by atoms with Crippen LogP contribution < -0.4 is 48.1 Å². The highest BCUT2D eigenvalue weighted by molar-refractivity contribution is 6.06. The molecule has 42 nitrogen and oxygen atoms in total. The third-order valence-corrected chi connectivity index (χ3v) is 23.1. The Morgan fingerprint density at radius 1 is 0.582 bits per heavy atom. The van der Waals surface area contributed by atoms with Crippen molar-refractivity contribution in [2.45, 2.75) is 214 Å². The molecule has 4 aromatic carbocycles. The van der Waals surface area contributed by atoms with Crippen molar-refractivity contribution < 1.29 is 125 Å². The second-order valence-corrected chi connectivity index (χ2v) is 35.3. The highest BCUT2D eigenvalue weighted by Gasteiger charge is 2.44. The summed E-state index contributed by atoms with van der Waals surface area (Å²) in [4.78, 5) is 175. The van der Waals surface area contributed by atoms with Gasteiger partial charge in [0.05, 0.1) is 173 Å². The van der Waals surface area contributed by atoms with Crippen LogP contribution in [0.3, 0.4) is 0 Å². The van der Waals surface area contributed by atoms with Gasteiger partial charge in [0.1, 0.15) is 40.8 Å². The van der Waals surface area contributed by atoms with Crippen LogP contribution in [0.5, 0.6) is 5.75 Å². The van der Waals surface area contributed by atoms with Gasteiger partial charge in [0.15, 0.2) is 29.0 Å². The van der Waals surface area contributed by atoms with Gasteiger partial charge in [0.2, 0.25) is 41.4 Å². The van der Waals surface area contributed by atoms with E-state index in [0.29, 0.717) is 168 Å². The molecular weight excluding hydrogens is 1830 g/mol. The first-order chi connectivity index (χ1) is 67.6. The highest BCUT2D eigenvalue weighted by Crippen LogP contribution is 2.33. The van der Waals surface area contributed by atoms with Crippen LogP contribution in [-0.2, 0) is 147 Å². The van der Waals surface area contributed by atoms with Crippen molar-refractivity contribution in [1.29, 1.82) is 0 Å². The molecule has 7 rings (SSSR count). The average molecular weight is 1980 g/mol. The van der Waals surface area contributed by atoms with Gasteiger partial charge in [0.25, 0.3) is 0 Å². The molecule has 0 aliphatic carbocycles. The number of nitrogens with two attached hydrogens (primary N) is 2. The van der Waals surface area contributed by atoms with Gasteiger partial charge in [-0.05, 0) is 144 Å². The van der Waals surface area contributed by atoms with Crippen LogP contribution in [0.1, 0.15) is 156 Å². The molecule has 3 aromatic heterocycles. The number of nitrogens with zero attached hydrogens (tertiary/aromatic N) is 7.